The van der Waals surface area contributed by atoms with Crippen LogP contribution in [0.1, 0.15) is 72.6 Å². The van der Waals surface area contributed by atoms with Gasteiger partial charge in [-0.2, -0.15) is 10.1 Å². The zero-order valence-electron chi connectivity index (χ0n) is 20.8. The number of aryl methyl sites for hydroxylation is 1. The van der Waals surface area contributed by atoms with Gasteiger partial charge in [0.05, 0.1) is 17.6 Å². The van der Waals surface area contributed by atoms with Gasteiger partial charge in [-0.15, -0.1) is 0 Å². The molecule has 0 spiro atoms. The number of aromatic nitrogens is 6. The van der Waals surface area contributed by atoms with Gasteiger partial charge in [-0.1, -0.05) is 24.2 Å². The van der Waals surface area contributed by atoms with E-state index < -0.39 is 6.17 Å². The van der Waals surface area contributed by atoms with Gasteiger partial charge in [0, 0.05) is 43.3 Å². The van der Waals surface area contributed by atoms with Crippen LogP contribution in [0.2, 0.25) is 0 Å². The highest BCUT2D eigenvalue weighted by Gasteiger charge is 2.45. The summed E-state index contributed by atoms with van der Waals surface area (Å²) in [6, 6.07) is 7.80. The minimum atomic E-state index is -0.964. The predicted molar refractivity (Wildman–Crippen MR) is 134 cm³/mol. The minimum absolute atomic E-state index is 0.0906. The summed E-state index contributed by atoms with van der Waals surface area (Å²) >= 11 is 0. The lowest BCUT2D eigenvalue weighted by atomic mass is 9.87. The molecule has 0 unspecified atom stereocenters. The van der Waals surface area contributed by atoms with Gasteiger partial charge in [0.15, 0.2) is 0 Å². The molecule has 1 N–H and O–H groups in total. The first-order valence-corrected chi connectivity index (χ1v) is 12.6. The summed E-state index contributed by atoms with van der Waals surface area (Å²) in [6.07, 6.45) is 7.77. The average molecular weight is 502 g/mol. The Morgan fingerprint density at radius 3 is 2.89 bits per heavy atom. The summed E-state index contributed by atoms with van der Waals surface area (Å²) in [5.74, 6) is 0.832. The van der Waals surface area contributed by atoms with Crippen molar-refractivity contribution in [3.63, 3.8) is 0 Å². The quantitative estimate of drug-likeness (QED) is 0.275. The number of hydrogen-bond acceptors (Lipinski definition) is 8. The van der Waals surface area contributed by atoms with E-state index in [1.54, 1.807) is 17.1 Å². The molecule has 2 aliphatic rings. The van der Waals surface area contributed by atoms with E-state index in [1.807, 2.05) is 37.5 Å². The third-order valence-electron chi connectivity index (χ3n) is 7.39. The maximum Gasteiger partial charge on any atom is 0.238 e. The van der Waals surface area contributed by atoms with Gasteiger partial charge in [0.25, 0.3) is 0 Å². The Labute approximate surface area is 213 Å². The maximum atomic E-state index is 14.8. The third-order valence-corrected chi connectivity index (χ3v) is 7.39. The Morgan fingerprint density at radius 2 is 2.11 bits per heavy atom. The number of carbonyl (C=O) groups is 1. The van der Waals surface area contributed by atoms with Crippen molar-refractivity contribution < 1.29 is 13.7 Å². The topological polar surface area (TPSA) is 112 Å². The van der Waals surface area contributed by atoms with Crippen molar-refractivity contribution in [1.82, 2.24) is 29.9 Å². The molecule has 0 saturated heterocycles. The SMILES string of the molecule is Cn1cc(Nc2nccc(-c3ccc4c(c3)C[C@H](F)CC[C@@H]4CC(=O)c3noc(C4(C)CC4)n3)n2)cn1. The number of Topliss-reactive ketones (excluding diaryl/α,β-unsaturated/α-hetero) is 1. The van der Waals surface area contributed by atoms with Crippen LogP contribution in [-0.2, 0) is 18.9 Å². The molecular formula is C27H28FN7O2. The summed E-state index contributed by atoms with van der Waals surface area (Å²) in [6.45, 7) is 2.06. The van der Waals surface area contributed by atoms with Crippen LogP contribution >= 0.6 is 0 Å². The van der Waals surface area contributed by atoms with E-state index in [0.29, 0.717) is 31.1 Å². The molecule has 4 aromatic rings. The highest BCUT2D eigenvalue weighted by Crippen LogP contribution is 2.46. The largest absolute Gasteiger partial charge is 0.338 e. The van der Waals surface area contributed by atoms with Gasteiger partial charge in [0.2, 0.25) is 23.4 Å². The molecule has 1 aromatic carbocycles. The highest BCUT2D eigenvalue weighted by molar-refractivity contribution is 5.93. The molecule has 0 amide bonds. The normalized spacial score (nSPS) is 20.2. The Kier molecular flexibility index (Phi) is 5.81. The van der Waals surface area contributed by atoms with Gasteiger partial charge in [-0.3, -0.25) is 9.48 Å². The predicted octanol–water partition coefficient (Wildman–Crippen LogP) is 5.09. The number of anilines is 2. The third kappa shape index (κ3) is 4.87. The average Bonchev–Trinajstić information content (AvgIpc) is 3.28. The number of carbonyl (C=O) groups excluding carboxylic acids is 1. The molecule has 3 aromatic heterocycles. The molecule has 6 rings (SSSR count). The van der Waals surface area contributed by atoms with Crippen LogP contribution in [-0.4, -0.2) is 41.8 Å². The first kappa shape index (κ1) is 23.4. The van der Waals surface area contributed by atoms with Gasteiger partial charge < -0.3 is 9.84 Å². The number of fused-ring (bicyclic) bond motifs is 1. The van der Waals surface area contributed by atoms with Gasteiger partial charge in [-0.05, 0) is 54.9 Å². The van der Waals surface area contributed by atoms with Gasteiger partial charge >= 0.3 is 0 Å². The lowest BCUT2D eigenvalue weighted by Crippen LogP contribution is -2.10. The van der Waals surface area contributed by atoms with E-state index in [1.165, 1.54) is 0 Å². The van der Waals surface area contributed by atoms with Crippen LogP contribution < -0.4 is 5.32 Å². The lowest BCUT2D eigenvalue weighted by molar-refractivity contribution is 0.0958. The number of benzene rings is 1. The van der Waals surface area contributed by atoms with Crippen molar-refractivity contribution in [3.05, 3.63) is 65.7 Å². The molecule has 0 aliphatic heterocycles. The second kappa shape index (κ2) is 9.17. The fraction of sp³-hybridized carbons (Fsp3) is 0.407. The summed E-state index contributed by atoms with van der Waals surface area (Å²) in [4.78, 5) is 26.4. The van der Waals surface area contributed by atoms with Crippen molar-refractivity contribution >= 4 is 17.4 Å². The van der Waals surface area contributed by atoms with Crippen molar-refractivity contribution in [3.8, 4) is 11.3 Å². The molecule has 2 aliphatic carbocycles. The molecule has 3 heterocycles. The second-order valence-electron chi connectivity index (χ2n) is 10.4. The van der Waals surface area contributed by atoms with Crippen LogP contribution in [0.4, 0.5) is 16.0 Å². The first-order valence-electron chi connectivity index (χ1n) is 12.6. The van der Waals surface area contributed by atoms with E-state index in [-0.39, 0.29) is 29.4 Å². The zero-order chi connectivity index (χ0) is 25.6. The summed E-state index contributed by atoms with van der Waals surface area (Å²) in [5.41, 5.74) is 4.19. The summed E-state index contributed by atoms with van der Waals surface area (Å²) < 4.78 is 21.8. The van der Waals surface area contributed by atoms with E-state index in [0.717, 1.165) is 40.9 Å². The monoisotopic (exact) mass is 501 g/mol. The van der Waals surface area contributed by atoms with Crippen molar-refractivity contribution in [2.45, 2.75) is 63.0 Å². The van der Waals surface area contributed by atoms with Crippen LogP contribution in [0, 0.1) is 0 Å². The van der Waals surface area contributed by atoms with E-state index >= 15 is 0 Å². The highest BCUT2D eigenvalue weighted by atomic mass is 19.1. The lowest BCUT2D eigenvalue weighted by Gasteiger charge is -2.17. The molecule has 0 radical (unpaired) electrons. The Balaban J connectivity index is 1.24. The smallest absolute Gasteiger partial charge is 0.238 e. The zero-order valence-corrected chi connectivity index (χ0v) is 20.8. The molecule has 1 saturated carbocycles. The number of ketones is 1. The Hall–Kier alpha value is -3.95. The van der Waals surface area contributed by atoms with Crippen molar-refractivity contribution in [2.24, 2.45) is 7.05 Å². The number of alkyl halides is 1. The Bertz CT molecular complexity index is 1460. The minimum Gasteiger partial charge on any atom is -0.338 e. The van der Waals surface area contributed by atoms with Gasteiger partial charge in [0.1, 0.15) is 6.17 Å². The Morgan fingerprint density at radius 1 is 1.24 bits per heavy atom. The molecule has 10 heteroatoms. The summed E-state index contributed by atoms with van der Waals surface area (Å²) in [5, 5.41) is 11.2. The van der Waals surface area contributed by atoms with Crippen molar-refractivity contribution in [1.29, 1.82) is 0 Å². The van der Waals surface area contributed by atoms with E-state index in [2.05, 4.69) is 37.4 Å². The molecule has 37 heavy (non-hydrogen) atoms. The number of rotatable bonds is 7. The number of hydrogen-bond donors (Lipinski definition) is 1. The number of nitrogens with zero attached hydrogens (tertiary/aromatic N) is 6. The van der Waals surface area contributed by atoms with Crippen LogP contribution in [0.15, 0.2) is 47.4 Å². The fourth-order valence-electron chi connectivity index (χ4n) is 4.92. The standard InChI is InChI=1S/C27H28FN7O2/c1-27(8-9-27)25-33-24(34-37-25)23(36)13-16-3-5-19(28)12-18-11-17(4-6-21(16)18)22-7-10-29-26(32-22)31-20-14-30-35(2)15-20/h4,6-7,10-11,14-16,19H,3,5,8-9,12-13H2,1-2H3,(H,29,31,32)/t16-,19-/m1/s1. The van der Waals surface area contributed by atoms with Crippen LogP contribution in [0.3, 0.4) is 0 Å². The summed E-state index contributed by atoms with van der Waals surface area (Å²) in [7, 11) is 1.84. The van der Waals surface area contributed by atoms with Crippen molar-refractivity contribution in [2.75, 3.05) is 5.32 Å². The molecule has 2 atom stereocenters. The van der Waals surface area contributed by atoms with Crippen LogP contribution in [0.5, 0.6) is 0 Å². The second-order valence-corrected chi connectivity index (χ2v) is 10.4. The number of nitrogens with one attached hydrogen (secondary N) is 1. The molecule has 0 bridgehead atoms. The van der Waals surface area contributed by atoms with Crippen LogP contribution in [0.25, 0.3) is 11.3 Å². The maximum absolute atomic E-state index is 14.8. The van der Waals surface area contributed by atoms with Gasteiger partial charge in [-0.25, -0.2) is 14.4 Å². The van der Waals surface area contributed by atoms with E-state index in [9.17, 15) is 9.18 Å². The molecule has 9 nitrogen and oxygen atoms in total. The molecular weight excluding hydrogens is 473 g/mol. The molecule has 190 valence electrons. The number of halogens is 1. The fourth-order valence-corrected chi connectivity index (χ4v) is 4.92. The molecule has 1 fully saturated rings. The first-order chi connectivity index (χ1) is 17.9. The van der Waals surface area contributed by atoms with E-state index in [4.69, 9.17) is 4.52 Å².